The Balaban J connectivity index is 1.08. The first-order chi connectivity index (χ1) is 18.6. The molecule has 1 atom stereocenters. The number of hydrogen-bond donors (Lipinski definition) is 3. The lowest BCUT2D eigenvalue weighted by molar-refractivity contribution is 0.0721. The molecule has 0 bridgehead atoms. The summed E-state index contributed by atoms with van der Waals surface area (Å²) in [6, 6.07) is 19.8. The summed E-state index contributed by atoms with van der Waals surface area (Å²) in [5.41, 5.74) is 0.821. The molecule has 3 aromatic rings. The molecule has 198 valence electrons. The molecule has 5 rings (SSSR count). The zero-order valence-electron chi connectivity index (χ0n) is 21.1. The van der Waals surface area contributed by atoms with Crippen LogP contribution in [0.15, 0.2) is 89.4 Å². The molecule has 1 saturated heterocycles. The number of carbonyl (C=O) groups excluding carboxylic acids is 1. The first-order valence-electron chi connectivity index (χ1n) is 12.9. The van der Waals surface area contributed by atoms with Gasteiger partial charge in [-0.05, 0) is 60.9 Å². The van der Waals surface area contributed by atoms with Crippen molar-refractivity contribution in [1.82, 2.24) is 19.9 Å². The van der Waals surface area contributed by atoms with E-state index in [-0.39, 0.29) is 18.2 Å². The van der Waals surface area contributed by atoms with E-state index >= 15 is 0 Å². The SMILES string of the molecule is O=C(On1c(O)c(CNCC2C=CC(Oc3ccccc3)=CC2)[nH]c1=O)N1CCC(c2ccccc2)CC1. The third-order valence-corrected chi connectivity index (χ3v) is 6.94. The van der Waals surface area contributed by atoms with E-state index in [4.69, 9.17) is 9.57 Å². The largest absolute Gasteiger partial charge is 0.491 e. The summed E-state index contributed by atoms with van der Waals surface area (Å²) in [7, 11) is 0. The number of aromatic amines is 1. The minimum atomic E-state index is -0.699. The number of aromatic nitrogens is 2. The van der Waals surface area contributed by atoms with Gasteiger partial charge in [-0.15, -0.1) is 0 Å². The van der Waals surface area contributed by atoms with Crippen molar-refractivity contribution in [3.8, 4) is 11.6 Å². The molecule has 2 aliphatic rings. The number of allylic oxidation sites excluding steroid dienone is 2. The van der Waals surface area contributed by atoms with E-state index < -0.39 is 17.7 Å². The highest BCUT2D eigenvalue weighted by molar-refractivity contribution is 5.68. The number of rotatable bonds is 8. The number of nitrogens with one attached hydrogen (secondary N) is 2. The first-order valence-corrected chi connectivity index (χ1v) is 12.9. The van der Waals surface area contributed by atoms with E-state index in [9.17, 15) is 14.7 Å². The minimum absolute atomic E-state index is 0.218. The van der Waals surface area contributed by atoms with E-state index in [0.29, 0.717) is 30.3 Å². The molecular weight excluding hydrogens is 484 g/mol. The Morgan fingerprint density at radius 1 is 1.05 bits per heavy atom. The molecule has 2 heterocycles. The summed E-state index contributed by atoms with van der Waals surface area (Å²) in [5.74, 6) is 1.82. The molecule has 1 fully saturated rings. The highest BCUT2D eigenvalue weighted by Gasteiger charge is 2.27. The highest BCUT2D eigenvalue weighted by atomic mass is 16.7. The van der Waals surface area contributed by atoms with Gasteiger partial charge >= 0.3 is 11.8 Å². The molecule has 0 saturated carbocycles. The Morgan fingerprint density at radius 3 is 2.45 bits per heavy atom. The number of imidazole rings is 1. The normalized spacial score (nSPS) is 17.7. The molecule has 1 aliphatic carbocycles. The second-order valence-corrected chi connectivity index (χ2v) is 9.56. The number of ether oxygens (including phenoxy) is 1. The van der Waals surface area contributed by atoms with Crippen LogP contribution in [0.1, 0.15) is 36.4 Å². The van der Waals surface area contributed by atoms with Gasteiger partial charge in [0.15, 0.2) is 0 Å². The van der Waals surface area contributed by atoms with Crippen LogP contribution < -0.4 is 20.6 Å². The van der Waals surface area contributed by atoms with Gasteiger partial charge in [0.25, 0.3) is 5.88 Å². The standard InChI is InChI=1S/C29H32N4O5/c34-27-26(20-30-19-21-11-13-25(14-12-21)37-24-9-5-2-6-10-24)31-28(35)33(27)38-29(36)32-17-15-23(16-18-32)22-7-3-1-4-8-22/h1-11,13-14,21,23,30,34H,12,15-20H2,(H,31,35). The number of benzene rings is 2. The molecular formula is C29H32N4O5. The van der Waals surface area contributed by atoms with Crippen LogP contribution in [0.5, 0.6) is 11.6 Å². The second kappa shape index (κ2) is 11.9. The van der Waals surface area contributed by atoms with E-state index in [1.54, 1.807) is 4.90 Å². The minimum Gasteiger partial charge on any atom is -0.491 e. The Bertz CT molecular complexity index is 1340. The number of carbonyl (C=O) groups is 1. The molecule has 1 unspecified atom stereocenters. The third-order valence-electron chi connectivity index (χ3n) is 6.94. The van der Waals surface area contributed by atoms with Crippen LogP contribution in [0, 0.1) is 5.92 Å². The number of amides is 1. The molecule has 9 heteroatoms. The summed E-state index contributed by atoms with van der Waals surface area (Å²) in [5, 5.41) is 13.8. The molecule has 0 radical (unpaired) electrons. The topological polar surface area (TPSA) is 109 Å². The van der Waals surface area contributed by atoms with Gasteiger partial charge in [0.05, 0.1) is 5.69 Å². The molecule has 1 amide bonds. The fourth-order valence-corrected chi connectivity index (χ4v) is 4.80. The fraction of sp³-hybridized carbons (Fsp3) is 0.310. The monoisotopic (exact) mass is 516 g/mol. The van der Waals surface area contributed by atoms with Crippen molar-refractivity contribution in [3.05, 3.63) is 106 Å². The number of nitrogens with zero attached hydrogens (tertiary/aromatic N) is 2. The van der Waals surface area contributed by atoms with E-state index in [1.807, 2.05) is 60.7 Å². The predicted octanol–water partition coefficient (Wildman–Crippen LogP) is 3.94. The van der Waals surface area contributed by atoms with Crippen molar-refractivity contribution >= 4 is 6.09 Å². The lowest BCUT2D eigenvalue weighted by atomic mass is 9.90. The van der Waals surface area contributed by atoms with Crippen molar-refractivity contribution in [3.63, 3.8) is 0 Å². The number of aromatic hydroxyl groups is 1. The van der Waals surface area contributed by atoms with Crippen LogP contribution in [0.4, 0.5) is 4.79 Å². The zero-order chi connectivity index (χ0) is 26.3. The van der Waals surface area contributed by atoms with Crippen molar-refractivity contribution < 1.29 is 19.5 Å². The average molecular weight is 517 g/mol. The van der Waals surface area contributed by atoms with Crippen LogP contribution in [0.25, 0.3) is 0 Å². The summed E-state index contributed by atoms with van der Waals surface area (Å²) < 4.78 is 6.47. The maximum atomic E-state index is 12.7. The Morgan fingerprint density at radius 2 is 1.76 bits per heavy atom. The molecule has 1 aromatic heterocycles. The van der Waals surface area contributed by atoms with Crippen molar-refractivity contribution in [1.29, 1.82) is 0 Å². The molecule has 1 aliphatic heterocycles. The van der Waals surface area contributed by atoms with Crippen molar-refractivity contribution in [2.45, 2.75) is 31.7 Å². The lowest BCUT2D eigenvalue weighted by Gasteiger charge is -2.31. The molecule has 9 nitrogen and oxygen atoms in total. The second-order valence-electron chi connectivity index (χ2n) is 9.56. The number of piperidine rings is 1. The average Bonchev–Trinajstić information content (AvgIpc) is 3.22. The fourth-order valence-electron chi connectivity index (χ4n) is 4.80. The van der Waals surface area contributed by atoms with Gasteiger partial charge in [0, 0.05) is 26.2 Å². The Labute approximate surface area is 221 Å². The Kier molecular flexibility index (Phi) is 7.94. The highest BCUT2D eigenvalue weighted by Crippen LogP contribution is 2.28. The quantitative estimate of drug-likeness (QED) is 0.419. The van der Waals surface area contributed by atoms with E-state index in [1.165, 1.54) is 5.56 Å². The van der Waals surface area contributed by atoms with Gasteiger partial charge in [-0.25, -0.2) is 9.59 Å². The summed E-state index contributed by atoms with van der Waals surface area (Å²) >= 11 is 0. The van der Waals surface area contributed by atoms with E-state index in [2.05, 4.69) is 28.5 Å². The van der Waals surface area contributed by atoms with Gasteiger partial charge in [0.2, 0.25) is 0 Å². The van der Waals surface area contributed by atoms with Crippen LogP contribution in [-0.2, 0) is 6.54 Å². The van der Waals surface area contributed by atoms with Crippen LogP contribution in [0.3, 0.4) is 0 Å². The molecule has 0 spiro atoms. The smallest absolute Gasteiger partial charge is 0.434 e. The van der Waals surface area contributed by atoms with Gasteiger partial charge in [-0.3, -0.25) is 0 Å². The Hall–Kier alpha value is -4.24. The van der Waals surface area contributed by atoms with Gasteiger partial charge < -0.3 is 29.9 Å². The summed E-state index contributed by atoms with van der Waals surface area (Å²) in [6.45, 7) is 1.90. The van der Waals surface area contributed by atoms with Crippen LogP contribution >= 0.6 is 0 Å². The van der Waals surface area contributed by atoms with Crippen molar-refractivity contribution in [2.24, 2.45) is 5.92 Å². The van der Waals surface area contributed by atoms with Gasteiger partial charge in [0.1, 0.15) is 11.5 Å². The predicted molar refractivity (Wildman–Crippen MR) is 143 cm³/mol. The first kappa shape index (κ1) is 25.4. The maximum Gasteiger partial charge on any atom is 0.434 e. The van der Waals surface area contributed by atoms with Gasteiger partial charge in [-0.2, -0.15) is 0 Å². The summed E-state index contributed by atoms with van der Waals surface area (Å²) in [4.78, 5) is 34.4. The molecule has 2 aromatic carbocycles. The van der Waals surface area contributed by atoms with Crippen LogP contribution in [-0.4, -0.2) is 45.4 Å². The summed E-state index contributed by atoms with van der Waals surface area (Å²) in [6.07, 6.45) is 7.83. The lowest BCUT2D eigenvalue weighted by Crippen LogP contribution is -2.43. The van der Waals surface area contributed by atoms with E-state index in [0.717, 1.165) is 30.8 Å². The molecule has 38 heavy (non-hydrogen) atoms. The third kappa shape index (κ3) is 6.18. The van der Waals surface area contributed by atoms with Gasteiger partial charge in [-0.1, -0.05) is 59.3 Å². The zero-order valence-corrected chi connectivity index (χ0v) is 21.1. The molecule has 3 N–H and O–H groups in total. The maximum absolute atomic E-state index is 12.7. The number of likely N-dealkylation sites (tertiary alicyclic amines) is 1. The number of para-hydroxylation sites is 1. The number of H-pyrrole nitrogens is 1. The number of hydrogen-bond acceptors (Lipinski definition) is 6. The van der Waals surface area contributed by atoms with Crippen LogP contribution in [0.2, 0.25) is 0 Å². The van der Waals surface area contributed by atoms with Crippen molar-refractivity contribution in [2.75, 3.05) is 19.6 Å².